The average Bonchev–Trinajstić information content (AvgIpc) is 2.88. The summed E-state index contributed by atoms with van der Waals surface area (Å²) in [6, 6.07) is 7.40. The van der Waals surface area contributed by atoms with E-state index in [1.54, 1.807) is 6.07 Å². The Hall–Kier alpha value is -1.60. The first-order valence-electron chi connectivity index (χ1n) is 6.11. The van der Waals surface area contributed by atoms with E-state index in [9.17, 15) is 0 Å². The fraction of sp³-hybridized carbons (Fsp3) is 0.538. The highest BCUT2D eigenvalue weighted by molar-refractivity contribution is 5.38. The van der Waals surface area contributed by atoms with Crippen molar-refractivity contribution in [1.82, 2.24) is 4.98 Å². The molecule has 17 heavy (non-hydrogen) atoms. The van der Waals surface area contributed by atoms with Crippen LogP contribution in [0.4, 0.5) is 5.82 Å². The first-order chi connectivity index (χ1) is 8.38. The largest absolute Gasteiger partial charge is 0.376 e. The van der Waals surface area contributed by atoms with Crippen LogP contribution in [0.15, 0.2) is 18.2 Å². The first-order valence-corrected chi connectivity index (χ1v) is 6.11. The van der Waals surface area contributed by atoms with Crippen LogP contribution in [0.2, 0.25) is 0 Å². The van der Waals surface area contributed by atoms with Crippen molar-refractivity contribution in [3.8, 4) is 6.07 Å². The number of nitrogens with one attached hydrogen (secondary N) is 1. The molecule has 1 aliphatic rings. The molecule has 1 saturated carbocycles. The minimum atomic E-state index is 0.437. The van der Waals surface area contributed by atoms with Gasteiger partial charge in [-0.05, 0) is 25.0 Å². The predicted molar refractivity (Wildman–Crippen MR) is 65.6 cm³/mol. The number of hydrogen-bond donors (Lipinski definition) is 1. The van der Waals surface area contributed by atoms with Crippen molar-refractivity contribution in [2.45, 2.75) is 31.8 Å². The molecule has 0 saturated heterocycles. The van der Waals surface area contributed by atoms with Crippen LogP contribution in [0.5, 0.6) is 0 Å². The predicted octanol–water partition coefficient (Wildman–Crippen LogP) is 2.32. The molecule has 0 radical (unpaired) electrons. The van der Waals surface area contributed by atoms with Gasteiger partial charge in [-0.15, -0.1) is 0 Å². The van der Waals surface area contributed by atoms with Gasteiger partial charge in [-0.25, -0.2) is 4.98 Å². The van der Waals surface area contributed by atoms with Crippen molar-refractivity contribution >= 4 is 5.82 Å². The van der Waals surface area contributed by atoms with E-state index in [1.165, 1.54) is 25.7 Å². The van der Waals surface area contributed by atoms with Gasteiger partial charge in [0.2, 0.25) is 0 Å². The van der Waals surface area contributed by atoms with Gasteiger partial charge < -0.3 is 10.1 Å². The molecule has 90 valence electrons. The van der Waals surface area contributed by atoms with Gasteiger partial charge in [0.05, 0.1) is 12.7 Å². The number of ether oxygens (including phenoxy) is 1. The Balaban J connectivity index is 1.68. The van der Waals surface area contributed by atoms with Crippen LogP contribution in [0.1, 0.15) is 31.4 Å². The maximum atomic E-state index is 8.71. The summed E-state index contributed by atoms with van der Waals surface area (Å²) in [5.41, 5.74) is 0.437. The molecule has 1 fully saturated rings. The highest BCUT2D eigenvalue weighted by Crippen LogP contribution is 2.20. The summed E-state index contributed by atoms with van der Waals surface area (Å²) in [7, 11) is 0. The summed E-state index contributed by atoms with van der Waals surface area (Å²) in [6.07, 6.45) is 5.44. The van der Waals surface area contributed by atoms with E-state index < -0.39 is 0 Å². The van der Waals surface area contributed by atoms with Gasteiger partial charge in [-0.3, -0.25) is 0 Å². The Kier molecular flexibility index (Phi) is 4.34. The standard InChI is InChI=1S/C13H17N3O/c14-10-11-4-3-7-13(16-11)15-8-9-17-12-5-1-2-6-12/h3-4,7,12H,1-2,5-6,8-9H2,(H,15,16). The lowest BCUT2D eigenvalue weighted by atomic mass is 10.3. The first kappa shape index (κ1) is 11.9. The molecule has 1 aromatic rings. The van der Waals surface area contributed by atoms with Crippen LogP contribution in [-0.2, 0) is 4.74 Å². The molecule has 1 heterocycles. The molecule has 0 bridgehead atoms. The third-order valence-electron chi connectivity index (χ3n) is 2.93. The second-order valence-electron chi connectivity index (χ2n) is 4.22. The van der Waals surface area contributed by atoms with E-state index in [-0.39, 0.29) is 0 Å². The SMILES string of the molecule is N#Cc1cccc(NCCOC2CCCC2)n1. The molecule has 0 aromatic carbocycles. The zero-order valence-corrected chi connectivity index (χ0v) is 9.85. The number of anilines is 1. The average molecular weight is 231 g/mol. The molecule has 0 amide bonds. The normalized spacial score (nSPS) is 15.7. The minimum absolute atomic E-state index is 0.437. The van der Waals surface area contributed by atoms with E-state index in [4.69, 9.17) is 10.00 Å². The van der Waals surface area contributed by atoms with Crippen LogP contribution in [-0.4, -0.2) is 24.2 Å². The van der Waals surface area contributed by atoms with Crippen molar-refractivity contribution in [2.24, 2.45) is 0 Å². The summed E-state index contributed by atoms with van der Waals surface area (Å²) >= 11 is 0. The second kappa shape index (κ2) is 6.21. The van der Waals surface area contributed by atoms with Crippen LogP contribution >= 0.6 is 0 Å². The molecule has 0 unspecified atom stereocenters. The van der Waals surface area contributed by atoms with Gasteiger partial charge >= 0.3 is 0 Å². The Morgan fingerprint density at radius 1 is 1.41 bits per heavy atom. The molecular weight excluding hydrogens is 214 g/mol. The number of nitriles is 1. The monoisotopic (exact) mass is 231 g/mol. The maximum Gasteiger partial charge on any atom is 0.142 e. The van der Waals surface area contributed by atoms with E-state index in [0.717, 1.165) is 12.4 Å². The lowest BCUT2D eigenvalue weighted by molar-refractivity contribution is 0.0658. The Morgan fingerprint density at radius 3 is 3.00 bits per heavy atom. The third-order valence-corrected chi connectivity index (χ3v) is 2.93. The van der Waals surface area contributed by atoms with Crippen molar-refractivity contribution in [2.75, 3.05) is 18.5 Å². The smallest absolute Gasteiger partial charge is 0.142 e. The zero-order chi connectivity index (χ0) is 11.9. The Morgan fingerprint density at radius 2 is 2.24 bits per heavy atom. The molecule has 0 spiro atoms. The molecule has 2 rings (SSSR count). The summed E-state index contributed by atoms with van der Waals surface area (Å²) < 4.78 is 5.73. The molecule has 0 aliphatic heterocycles. The highest BCUT2D eigenvalue weighted by Gasteiger charge is 2.14. The van der Waals surface area contributed by atoms with Gasteiger partial charge in [0.25, 0.3) is 0 Å². The van der Waals surface area contributed by atoms with Crippen molar-refractivity contribution in [3.05, 3.63) is 23.9 Å². The number of hydrogen-bond acceptors (Lipinski definition) is 4. The Bertz CT molecular complexity index is 394. The number of nitrogens with zero attached hydrogens (tertiary/aromatic N) is 2. The van der Waals surface area contributed by atoms with E-state index in [1.807, 2.05) is 18.2 Å². The molecule has 4 nitrogen and oxygen atoms in total. The maximum absolute atomic E-state index is 8.71. The number of aromatic nitrogens is 1. The van der Waals surface area contributed by atoms with E-state index in [0.29, 0.717) is 18.4 Å². The molecule has 1 aliphatic carbocycles. The van der Waals surface area contributed by atoms with Gasteiger partial charge in [0.1, 0.15) is 17.6 Å². The van der Waals surface area contributed by atoms with Crippen molar-refractivity contribution in [3.63, 3.8) is 0 Å². The Labute approximate surface area is 102 Å². The lowest BCUT2D eigenvalue weighted by Crippen LogP contribution is -2.15. The van der Waals surface area contributed by atoms with Crippen LogP contribution < -0.4 is 5.32 Å². The third kappa shape index (κ3) is 3.72. The quantitative estimate of drug-likeness (QED) is 0.790. The highest BCUT2D eigenvalue weighted by atomic mass is 16.5. The molecule has 1 N–H and O–H groups in total. The van der Waals surface area contributed by atoms with Gasteiger partial charge in [0, 0.05) is 6.54 Å². The molecular formula is C13H17N3O. The fourth-order valence-corrected chi connectivity index (χ4v) is 2.06. The number of pyridine rings is 1. The van der Waals surface area contributed by atoms with Gasteiger partial charge in [0.15, 0.2) is 0 Å². The lowest BCUT2D eigenvalue weighted by Gasteiger charge is -2.11. The van der Waals surface area contributed by atoms with Crippen molar-refractivity contribution < 1.29 is 4.74 Å². The topological polar surface area (TPSA) is 57.9 Å². The fourth-order valence-electron chi connectivity index (χ4n) is 2.06. The molecule has 0 atom stereocenters. The van der Waals surface area contributed by atoms with Crippen LogP contribution in [0.3, 0.4) is 0 Å². The van der Waals surface area contributed by atoms with Gasteiger partial charge in [-0.1, -0.05) is 18.9 Å². The zero-order valence-electron chi connectivity index (χ0n) is 9.85. The van der Waals surface area contributed by atoms with Gasteiger partial charge in [-0.2, -0.15) is 5.26 Å². The van der Waals surface area contributed by atoms with Crippen LogP contribution in [0.25, 0.3) is 0 Å². The molecule has 1 aromatic heterocycles. The molecule has 4 heteroatoms. The summed E-state index contributed by atoms with van der Waals surface area (Å²) in [5, 5.41) is 11.9. The van der Waals surface area contributed by atoms with Crippen molar-refractivity contribution in [1.29, 1.82) is 5.26 Å². The summed E-state index contributed by atoms with van der Waals surface area (Å²) in [6.45, 7) is 1.43. The van der Waals surface area contributed by atoms with E-state index in [2.05, 4.69) is 10.3 Å². The van der Waals surface area contributed by atoms with Crippen LogP contribution in [0, 0.1) is 11.3 Å². The summed E-state index contributed by atoms with van der Waals surface area (Å²) in [5.74, 6) is 0.735. The number of rotatable bonds is 5. The summed E-state index contributed by atoms with van der Waals surface area (Å²) in [4.78, 5) is 4.13. The second-order valence-corrected chi connectivity index (χ2v) is 4.22. The minimum Gasteiger partial charge on any atom is -0.376 e. The van der Waals surface area contributed by atoms with E-state index >= 15 is 0 Å².